The Morgan fingerprint density at radius 3 is 2.65 bits per heavy atom. The third-order valence-electron chi connectivity index (χ3n) is 3.91. The number of aryl methyl sites for hydroxylation is 1. The second-order valence-corrected chi connectivity index (χ2v) is 6.25. The third kappa shape index (κ3) is 3.60. The number of rotatable bonds is 4. The molecule has 4 nitrogen and oxygen atoms in total. The van der Waals surface area contributed by atoms with Gasteiger partial charge in [0.15, 0.2) is 0 Å². The van der Waals surface area contributed by atoms with E-state index in [0.717, 1.165) is 15.6 Å². The molecule has 0 aromatic heterocycles. The van der Waals surface area contributed by atoms with E-state index in [1.165, 1.54) is 0 Å². The van der Waals surface area contributed by atoms with Crippen molar-refractivity contribution in [2.45, 2.75) is 32.7 Å². The molecule has 0 bridgehead atoms. The maximum Gasteiger partial charge on any atom is 0.306 e. The van der Waals surface area contributed by atoms with Crippen LogP contribution in [0, 0.1) is 18.8 Å². The van der Waals surface area contributed by atoms with Crippen molar-refractivity contribution in [3.63, 3.8) is 0 Å². The van der Waals surface area contributed by atoms with Crippen LogP contribution < -0.4 is 5.32 Å². The molecule has 1 fully saturated rings. The number of nitrogens with one attached hydrogen (secondary N) is 1. The fraction of sp³-hybridized carbons (Fsp3) is 0.467. The third-order valence-corrected chi connectivity index (χ3v) is 4.40. The zero-order valence-corrected chi connectivity index (χ0v) is 12.9. The van der Waals surface area contributed by atoms with Crippen LogP contribution in [0.25, 0.3) is 0 Å². The summed E-state index contributed by atoms with van der Waals surface area (Å²) in [5.41, 5.74) is 2.20. The first-order valence-corrected chi connectivity index (χ1v) is 7.52. The van der Waals surface area contributed by atoms with Crippen molar-refractivity contribution >= 4 is 27.8 Å². The highest BCUT2D eigenvalue weighted by atomic mass is 79.9. The van der Waals surface area contributed by atoms with Gasteiger partial charge >= 0.3 is 5.97 Å². The number of carbonyl (C=O) groups is 2. The summed E-state index contributed by atoms with van der Waals surface area (Å²) >= 11 is 3.41. The van der Waals surface area contributed by atoms with Gasteiger partial charge in [0.05, 0.1) is 5.92 Å². The van der Waals surface area contributed by atoms with Gasteiger partial charge in [-0.1, -0.05) is 22.0 Å². The molecule has 1 aliphatic carbocycles. The zero-order chi connectivity index (χ0) is 14.7. The minimum atomic E-state index is -0.788. The smallest absolute Gasteiger partial charge is 0.306 e. The zero-order valence-electron chi connectivity index (χ0n) is 11.4. The summed E-state index contributed by atoms with van der Waals surface area (Å²) < 4.78 is 1.02. The van der Waals surface area contributed by atoms with Crippen molar-refractivity contribution in [1.29, 1.82) is 0 Å². The largest absolute Gasteiger partial charge is 0.481 e. The van der Waals surface area contributed by atoms with Crippen molar-refractivity contribution < 1.29 is 14.7 Å². The molecule has 108 valence electrons. The second kappa shape index (κ2) is 6.39. The van der Waals surface area contributed by atoms with Gasteiger partial charge in [0, 0.05) is 16.9 Å². The van der Waals surface area contributed by atoms with Crippen LogP contribution in [0.1, 0.15) is 30.4 Å². The molecule has 2 N–H and O–H groups in total. The molecular weight excluding hydrogens is 322 g/mol. The fourth-order valence-electron chi connectivity index (χ4n) is 2.63. The Hall–Kier alpha value is -1.36. The fourth-order valence-corrected chi connectivity index (χ4v) is 3.10. The van der Waals surface area contributed by atoms with E-state index in [4.69, 9.17) is 5.11 Å². The summed E-state index contributed by atoms with van der Waals surface area (Å²) in [5.74, 6) is -1.34. The van der Waals surface area contributed by atoms with E-state index in [-0.39, 0.29) is 17.7 Å². The van der Waals surface area contributed by atoms with E-state index in [0.29, 0.717) is 25.8 Å². The number of benzene rings is 1. The van der Waals surface area contributed by atoms with E-state index in [1.54, 1.807) is 0 Å². The quantitative estimate of drug-likeness (QED) is 0.886. The number of hydrogen-bond acceptors (Lipinski definition) is 2. The van der Waals surface area contributed by atoms with Crippen LogP contribution in [0.15, 0.2) is 22.7 Å². The Morgan fingerprint density at radius 2 is 2.05 bits per heavy atom. The maximum absolute atomic E-state index is 12.1. The average molecular weight is 340 g/mol. The van der Waals surface area contributed by atoms with Gasteiger partial charge < -0.3 is 10.4 Å². The number of carboxylic acids is 1. The van der Waals surface area contributed by atoms with E-state index in [9.17, 15) is 9.59 Å². The Bertz CT molecular complexity index is 530. The van der Waals surface area contributed by atoms with Gasteiger partial charge in [-0.2, -0.15) is 0 Å². The Morgan fingerprint density at radius 1 is 1.35 bits per heavy atom. The van der Waals surface area contributed by atoms with Gasteiger partial charge in [0.25, 0.3) is 0 Å². The highest BCUT2D eigenvalue weighted by Crippen LogP contribution is 2.31. The molecule has 2 atom stereocenters. The first-order chi connectivity index (χ1) is 9.47. The Labute approximate surface area is 126 Å². The van der Waals surface area contributed by atoms with Crippen LogP contribution in [-0.4, -0.2) is 17.0 Å². The predicted octanol–water partition coefficient (Wildman–Crippen LogP) is 2.87. The van der Waals surface area contributed by atoms with Crippen molar-refractivity contribution in [2.24, 2.45) is 11.8 Å². The summed E-state index contributed by atoms with van der Waals surface area (Å²) in [6.45, 7) is 2.49. The molecule has 0 aliphatic heterocycles. The monoisotopic (exact) mass is 339 g/mol. The van der Waals surface area contributed by atoms with E-state index in [2.05, 4.69) is 21.2 Å². The molecule has 1 amide bonds. The second-order valence-electron chi connectivity index (χ2n) is 5.33. The van der Waals surface area contributed by atoms with Crippen molar-refractivity contribution in [2.75, 3.05) is 0 Å². The molecule has 1 aromatic carbocycles. The molecule has 0 heterocycles. The molecule has 1 aliphatic rings. The number of aliphatic carboxylic acids is 1. The highest BCUT2D eigenvalue weighted by molar-refractivity contribution is 9.10. The lowest BCUT2D eigenvalue weighted by atomic mass is 10.0. The molecule has 0 saturated heterocycles. The number of halogens is 1. The normalized spacial score (nSPS) is 21.7. The summed E-state index contributed by atoms with van der Waals surface area (Å²) in [7, 11) is 0. The Kier molecular flexibility index (Phi) is 4.81. The van der Waals surface area contributed by atoms with Gasteiger partial charge in [-0.3, -0.25) is 9.59 Å². The summed E-state index contributed by atoms with van der Waals surface area (Å²) in [6.07, 6.45) is 1.73. The van der Waals surface area contributed by atoms with Crippen LogP contribution in [0.5, 0.6) is 0 Å². The van der Waals surface area contributed by atoms with Gasteiger partial charge in [-0.25, -0.2) is 0 Å². The minimum Gasteiger partial charge on any atom is -0.481 e. The number of amides is 1. The molecular formula is C15H18BrNO3. The van der Waals surface area contributed by atoms with Crippen molar-refractivity contribution in [3.8, 4) is 0 Å². The van der Waals surface area contributed by atoms with Gasteiger partial charge in [-0.15, -0.1) is 0 Å². The van der Waals surface area contributed by atoms with Crippen LogP contribution in [0.3, 0.4) is 0 Å². The molecule has 0 spiro atoms. The molecule has 1 aromatic rings. The summed E-state index contributed by atoms with van der Waals surface area (Å²) in [5, 5.41) is 11.9. The lowest BCUT2D eigenvalue weighted by molar-refractivity contribution is -0.141. The predicted molar refractivity (Wildman–Crippen MR) is 79.2 cm³/mol. The minimum absolute atomic E-state index is 0.0314. The van der Waals surface area contributed by atoms with Crippen LogP contribution >= 0.6 is 15.9 Å². The number of carboxylic acid groups (broad SMARTS) is 1. The van der Waals surface area contributed by atoms with Gasteiger partial charge in [-0.05, 0) is 49.4 Å². The SMILES string of the molecule is Cc1cc(Br)ccc1CNC(=O)[C@@H]1CC[C@H](C(=O)O)C1. The summed E-state index contributed by atoms with van der Waals surface area (Å²) in [4.78, 5) is 22.9. The van der Waals surface area contributed by atoms with Crippen LogP contribution in [0.2, 0.25) is 0 Å². The van der Waals surface area contributed by atoms with Crippen molar-refractivity contribution in [3.05, 3.63) is 33.8 Å². The van der Waals surface area contributed by atoms with E-state index >= 15 is 0 Å². The molecule has 0 unspecified atom stereocenters. The Balaban J connectivity index is 1.88. The van der Waals surface area contributed by atoms with Gasteiger partial charge in [0.1, 0.15) is 0 Å². The van der Waals surface area contributed by atoms with Crippen LogP contribution in [0.4, 0.5) is 0 Å². The molecule has 20 heavy (non-hydrogen) atoms. The van der Waals surface area contributed by atoms with Crippen molar-refractivity contribution in [1.82, 2.24) is 5.32 Å². The van der Waals surface area contributed by atoms with E-state index in [1.807, 2.05) is 25.1 Å². The van der Waals surface area contributed by atoms with E-state index < -0.39 is 5.97 Å². The first-order valence-electron chi connectivity index (χ1n) is 6.73. The van der Waals surface area contributed by atoms with Crippen LogP contribution in [-0.2, 0) is 16.1 Å². The number of hydrogen-bond donors (Lipinski definition) is 2. The maximum atomic E-state index is 12.1. The molecule has 2 rings (SSSR count). The summed E-state index contributed by atoms with van der Waals surface area (Å²) in [6, 6.07) is 5.94. The lowest BCUT2D eigenvalue weighted by Gasteiger charge is -2.12. The average Bonchev–Trinajstić information content (AvgIpc) is 2.87. The molecule has 1 saturated carbocycles. The number of carbonyl (C=O) groups excluding carboxylic acids is 1. The topological polar surface area (TPSA) is 66.4 Å². The van der Waals surface area contributed by atoms with Gasteiger partial charge in [0.2, 0.25) is 5.91 Å². The lowest BCUT2D eigenvalue weighted by Crippen LogP contribution is -2.29. The molecule has 0 radical (unpaired) electrons. The first kappa shape index (κ1) is 15.0. The standard InChI is InChI=1S/C15H18BrNO3/c1-9-6-13(16)5-4-12(9)8-17-14(18)10-2-3-11(7-10)15(19)20/h4-6,10-11H,2-3,7-8H2,1H3,(H,17,18)(H,19,20)/t10-,11+/m1/s1. The molecule has 5 heteroatoms. The highest BCUT2D eigenvalue weighted by Gasteiger charge is 2.33.